The second-order valence-corrected chi connectivity index (χ2v) is 4.05. The number of nitrogens with zero attached hydrogens (tertiary/aromatic N) is 5. The third-order valence-corrected chi connectivity index (χ3v) is 3.03. The Morgan fingerprint density at radius 1 is 1.00 bits per heavy atom. The molecule has 4 aromatic rings. The molecule has 0 radical (unpaired) electrons. The molecule has 0 atom stereocenters. The fourth-order valence-electron chi connectivity index (χ4n) is 2.22. The van der Waals surface area contributed by atoms with Crippen LogP contribution in [0.1, 0.15) is 0 Å². The van der Waals surface area contributed by atoms with Gasteiger partial charge < -0.3 is 0 Å². The number of fused-ring (bicyclic) bond motifs is 2. The summed E-state index contributed by atoms with van der Waals surface area (Å²) in [5, 5.41) is 4.26. The van der Waals surface area contributed by atoms with Crippen LogP contribution in [-0.2, 0) is 0 Å². The minimum atomic E-state index is 0.902. The molecule has 0 saturated carbocycles. The normalized spacial score (nSPS) is 11.3. The van der Waals surface area contributed by atoms with Gasteiger partial charge in [0.25, 0.3) is 0 Å². The predicted octanol–water partition coefficient (Wildman–Crippen LogP) is 2.04. The van der Waals surface area contributed by atoms with Gasteiger partial charge in [-0.2, -0.15) is 5.10 Å². The standard InChI is InChI=1S/C13H9N5/c1-2-12-10(3-4-16-18(12)6-1)11-8-14-9-17-7-5-15-13(11)17/h1-9H. The summed E-state index contributed by atoms with van der Waals surface area (Å²) < 4.78 is 3.76. The molecule has 86 valence electrons. The maximum atomic E-state index is 4.38. The largest absolute Gasteiger partial charge is 0.290 e. The topological polar surface area (TPSA) is 47.5 Å². The van der Waals surface area contributed by atoms with E-state index in [1.54, 1.807) is 18.7 Å². The fraction of sp³-hybridized carbons (Fsp3) is 0. The van der Waals surface area contributed by atoms with Gasteiger partial charge in [0, 0.05) is 42.1 Å². The van der Waals surface area contributed by atoms with Crippen LogP contribution in [0.3, 0.4) is 0 Å². The van der Waals surface area contributed by atoms with Crippen LogP contribution in [0.25, 0.3) is 22.3 Å². The SMILES string of the molecule is c1cc2c(-c3cncn4ccnc34)ccnn2c1. The Labute approximate surface area is 102 Å². The number of hydrogen-bond acceptors (Lipinski definition) is 3. The van der Waals surface area contributed by atoms with E-state index < -0.39 is 0 Å². The van der Waals surface area contributed by atoms with Crippen molar-refractivity contribution in [2.75, 3.05) is 0 Å². The summed E-state index contributed by atoms with van der Waals surface area (Å²) in [6.45, 7) is 0. The van der Waals surface area contributed by atoms with Crippen LogP contribution < -0.4 is 0 Å². The van der Waals surface area contributed by atoms with E-state index in [0.29, 0.717) is 0 Å². The Balaban J connectivity index is 2.13. The first-order chi connectivity index (χ1) is 8.93. The highest BCUT2D eigenvalue weighted by Gasteiger charge is 2.09. The smallest absolute Gasteiger partial charge is 0.147 e. The van der Waals surface area contributed by atoms with Crippen molar-refractivity contribution in [3.63, 3.8) is 0 Å². The molecule has 4 rings (SSSR count). The highest BCUT2D eigenvalue weighted by Crippen LogP contribution is 2.26. The quantitative estimate of drug-likeness (QED) is 0.507. The van der Waals surface area contributed by atoms with Crippen LogP contribution in [0.4, 0.5) is 0 Å². The van der Waals surface area contributed by atoms with Gasteiger partial charge in [0.05, 0.1) is 5.52 Å². The highest BCUT2D eigenvalue weighted by atomic mass is 15.2. The van der Waals surface area contributed by atoms with Crippen molar-refractivity contribution in [1.29, 1.82) is 0 Å². The molecule has 0 unspecified atom stereocenters. The Kier molecular flexibility index (Phi) is 1.77. The summed E-state index contributed by atoms with van der Waals surface area (Å²) in [7, 11) is 0. The molecule has 0 amide bonds. The van der Waals surface area contributed by atoms with Crippen molar-refractivity contribution in [3.05, 3.63) is 55.5 Å². The first-order valence-electron chi connectivity index (χ1n) is 5.63. The van der Waals surface area contributed by atoms with Crippen molar-refractivity contribution in [2.24, 2.45) is 0 Å². The molecule has 0 spiro atoms. The van der Waals surface area contributed by atoms with Gasteiger partial charge in [-0.25, -0.2) is 14.5 Å². The van der Waals surface area contributed by atoms with Crippen LogP contribution >= 0.6 is 0 Å². The van der Waals surface area contributed by atoms with E-state index in [1.165, 1.54) is 0 Å². The number of imidazole rings is 1. The molecule has 0 bridgehead atoms. The summed E-state index contributed by atoms with van der Waals surface area (Å²) in [5.41, 5.74) is 4.04. The molecule has 4 aromatic heterocycles. The first-order valence-corrected chi connectivity index (χ1v) is 5.63. The van der Waals surface area contributed by atoms with E-state index in [-0.39, 0.29) is 0 Å². The van der Waals surface area contributed by atoms with E-state index >= 15 is 0 Å². The lowest BCUT2D eigenvalue weighted by molar-refractivity contribution is 0.942. The molecule has 0 aliphatic heterocycles. The van der Waals surface area contributed by atoms with Gasteiger partial charge in [0.1, 0.15) is 12.0 Å². The zero-order valence-electron chi connectivity index (χ0n) is 9.43. The lowest BCUT2D eigenvalue weighted by atomic mass is 10.1. The van der Waals surface area contributed by atoms with Gasteiger partial charge in [-0.05, 0) is 18.2 Å². The summed E-state index contributed by atoms with van der Waals surface area (Å²) in [6.07, 6.45) is 11.0. The van der Waals surface area contributed by atoms with Gasteiger partial charge in [0.2, 0.25) is 0 Å². The Hall–Kier alpha value is -2.69. The molecule has 4 heterocycles. The summed E-state index contributed by atoms with van der Waals surface area (Å²) in [4.78, 5) is 8.63. The summed E-state index contributed by atoms with van der Waals surface area (Å²) in [6, 6.07) is 6.00. The van der Waals surface area contributed by atoms with Crippen molar-refractivity contribution in [3.8, 4) is 11.1 Å². The zero-order chi connectivity index (χ0) is 11.9. The monoisotopic (exact) mass is 235 g/mol. The molecule has 5 heteroatoms. The lowest BCUT2D eigenvalue weighted by Gasteiger charge is -2.05. The van der Waals surface area contributed by atoms with Crippen LogP contribution in [0, 0.1) is 0 Å². The number of hydrogen-bond donors (Lipinski definition) is 0. The minimum Gasteiger partial charge on any atom is -0.290 e. The van der Waals surface area contributed by atoms with Crippen LogP contribution in [-0.4, -0.2) is 24.0 Å². The third-order valence-electron chi connectivity index (χ3n) is 3.03. The Morgan fingerprint density at radius 2 is 2.00 bits per heavy atom. The molecule has 18 heavy (non-hydrogen) atoms. The highest BCUT2D eigenvalue weighted by molar-refractivity contribution is 5.86. The predicted molar refractivity (Wildman–Crippen MR) is 67.2 cm³/mol. The second-order valence-electron chi connectivity index (χ2n) is 4.05. The molecule has 0 fully saturated rings. The van der Waals surface area contributed by atoms with Crippen LogP contribution in [0.15, 0.2) is 55.5 Å². The molecule has 0 saturated heterocycles. The minimum absolute atomic E-state index is 0.902. The van der Waals surface area contributed by atoms with E-state index in [4.69, 9.17) is 0 Å². The van der Waals surface area contributed by atoms with E-state index in [0.717, 1.165) is 22.3 Å². The van der Waals surface area contributed by atoms with Crippen molar-refractivity contribution in [1.82, 2.24) is 24.0 Å². The fourth-order valence-corrected chi connectivity index (χ4v) is 2.22. The number of aromatic nitrogens is 5. The third kappa shape index (κ3) is 1.18. The van der Waals surface area contributed by atoms with E-state index in [2.05, 4.69) is 15.1 Å². The molecular formula is C13H9N5. The summed E-state index contributed by atoms with van der Waals surface area (Å²) >= 11 is 0. The summed E-state index contributed by atoms with van der Waals surface area (Å²) in [5.74, 6) is 0. The lowest BCUT2D eigenvalue weighted by Crippen LogP contribution is -1.94. The van der Waals surface area contributed by atoms with Crippen molar-refractivity contribution >= 4 is 11.2 Å². The molecule has 5 nitrogen and oxygen atoms in total. The van der Waals surface area contributed by atoms with Crippen LogP contribution in [0.2, 0.25) is 0 Å². The maximum Gasteiger partial charge on any atom is 0.147 e. The van der Waals surface area contributed by atoms with Gasteiger partial charge >= 0.3 is 0 Å². The zero-order valence-corrected chi connectivity index (χ0v) is 9.43. The molecule has 0 aliphatic rings. The average Bonchev–Trinajstić information content (AvgIpc) is 3.06. The van der Waals surface area contributed by atoms with Gasteiger partial charge in [-0.15, -0.1) is 0 Å². The first kappa shape index (κ1) is 9.35. The molecule has 0 aromatic carbocycles. The maximum absolute atomic E-state index is 4.38. The molecular weight excluding hydrogens is 226 g/mol. The number of rotatable bonds is 1. The van der Waals surface area contributed by atoms with Gasteiger partial charge in [0.15, 0.2) is 0 Å². The second kappa shape index (κ2) is 3.40. The Bertz CT molecular complexity index is 770. The molecule has 0 aliphatic carbocycles. The van der Waals surface area contributed by atoms with Gasteiger partial charge in [-0.3, -0.25) is 4.40 Å². The van der Waals surface area contributed by atoms with E-state index in [9.17, 15) is 0 Å². The van der Waals surface area contributed by atoms with E-state index in [1.807, 2.05) is 45.7 Å². The van der Waals surface area contributed by atoms with Crippen molar-refractivity contribution < 1.29 is 0 Å². The van der Waals surface area contributed by atoms with Crippen molar-refractivity contribution in [2.45, 2.75) is 0 Å². The molecule has 0 N–H and O–H groups in total. The van der Waals surface area contributed by atoms with Crippen LogP contribution in [0.5, 0.6) is 0 Å². The Morgan fingerprint density at radius 3 is 3.00 bits per heavy atom. The van der Waals surface area contributed by atoms with Gasteiger partial charge in [-0.1, -0.05) is 0 Å². The average molecular weight is 235 g/mol.